The van der Waals surface area contributed by atoms with Crippen molar-refractivity contribution in [1.82, 2.24) is 4.90 Å². The van der Waals surface area contributed by atoms with Crippen molar-refractivity contribution in [3.05, 3.63) is 60.2 Å². The fraction of sp³-hybridized carbons (Fsp3) is 0.417. The van der Waals surface area contributed by atoms with Gasteiger partial charge in [-0.1, -0.05) is 48.9 Å². The molecule has 2 fully saturated rings. The topological polar surface area (TPSA) is 49.9 Å². The number of piperazine rings is 1. The fourth-order valence-corrected chi connectivity index (χ4v) is 4.62. The first-order valence-electron chi connectivity index (χ1n) is 10.4. The molecular weight excluding hydrogens is 400 g/mol. The van der Waals surface area contributed by atoms with Gasteiger partial charge in [-0.25, -0.2) is 0 Å². The highest BCUT2D eigenvalue weighted by Crippen LogP contribution is 2.31. The van der Waals surface area contributed by atoms with E-state index in [0.29, 0.717) is 12.0 Å². The van der Waals surface area contributed by atoms with Crippen LogP contribution in [0.3, 0.4) is 0 Å². The Hall–Kier alpha value is -2.37. The molecule has 2 unspecified atom stereocenters. The molecule has 1 saturated heterocycles. The van der Waals surface area contributed by atoms with Gasteiger partial charge >= 0.3 is 0 Å². The second-order valence-electron chi connectivity index (χ2n) is 7.83. The van der Waals surface area contributed by atoms with E-state index in [1.165, 1.54) is 0 Å². The number of hydrogen-bond donors (Lipinski definition) is 0. The Morgan fingerprint density at radius 1 is 0.933 bits per heavy atom. The molecule has 0 N–H and O–H groups in total. The number of rotatable bonds is 5. The summed E-state index contributed by atoms with van der Waals surface area (Å²) >= 11 is 0. The molecule has 0 spiro atoms. The number of halogens is 1. The number of ether oxygens (including phenoxy) is 1. The smallest absolute Gasteiger partial charge is 0.173 e. The van der Waals surface area contributed by atoms with Crippen LogP contribution in [0.4, 0.5) is 5.69 Å². The lowest BCUT2D eigenvalue weighted by molar-refractivity contribution is -0.129. The second-order valence-corrected chi connectivity index (χ2v) is 7.83. The second kappa shape index (κ2) is 10.1. The van der Waals surface area contributed by atoms with Crippen LogP contribution in [-0.2, 0) is 4.79 Å². The summed E-state index contributed by atoms with van der Waals surface area (Å²) in [6.45, 7) is 3.34. The first kappa shape index (κ1) is 22.3. The maximum absolute atomic E-state index is 13.2. The highest BCUT2D eigenvalue weighted by Gasteiger charge is 2.39. The monoisotopic (exact) mass is 428 g/mol. The first-order valence-corrected chi connectivity index (χ1v) is 10.4. The predicted molar refractivity (Wildman–Crippen MR) is 121 cm³/mol. The molecule has 1 heterocycles. The Bertz CT molecular complexity index is 866. The molecule has 2 aliphatic rings. The minimum atomic E-state index is -0.497. The van der Waals surface area contributed by atoms with Crippen molar-refractivity contribution >= 4 is 29.7 Å². The van der Waals surface area contributed by atoms with Crippen LogP contribution in [-0.4, -0.2) is 55.8 Å². The minimum Gasteiger partial charge on any atom is -0.495 e. The molecule has 5 nitrogen and oxygen atoms in total. The van der Waals surface area contributed by atoms with Crippen molar-refractivity contribution in [2.24, 2.45) is 5.92 Å². The summed E-state index contributed by atoms with van der Waals surface area (Å²) in [5.41, 5.74) is 1.74. The van der Waals surface area contributed by atoms with Gasteiger partial charge in [-0.05, 0) is 25.0 Å². The van der Waals surface area contributed by atoms with Crippen LogP contribution in [0.2, 0.25) is 0 Å². The summed E-state index contributed by atoms with van der Waals surface area (Å²) in [6, 6.07) is 17.1. The quantitative estimate of drug-likeness (QED) is 0.534. The largest absolute Gasteiger partial charge is 0.495 e. The van der Waals surface area contributed by atoms with Crippen molar-refractivity contribution in [2.45, 2.75) is 25.3 Å². The molecule has 1 aliphatic heterocycles. The summed E-state index contributed by atoms with van der Waals surface area (Å²) in [7, 11) is 1.69. The normalized spacial score (nSPS) is 22.3. The van der Waals surface area contributed by atoms with Gasteiger partial charge in [0.05, 0.1) is 24.8 Å². The van der Waals surface area contributed by atoms with Crippen LogP contribution in [0.1, 0.15) is 29.6 Å². The number of nitrogens with zero attached hydrogens (tertiary/aromatic N) is 2. The number of ketones is 2. The van der Waals surface area contributed by atoms with Crippen LogP contribution in [0.25, 0.3) is 0 Å². The molecule has 2 atom stereocenters. The molecule has 0 radical (unpaired) electrons. The number of para-hydroxylation sites is 2. The van der Waals surface area contributed by atoms with Crippen molar-refractivity contribution in [2.75, 3.05) is 38.2 Å². The van der Waals surface area contributed by atoms with Crippen LogP contribution in [0.15, 0.2) is 54.6 Å². The predicted octanol–water partition coefficient (Wildman–Crippen LogP) is 3.86. The van der Waals surface area contributed by atoms with Crippen LogP contribution in [0.5, 0.6) is 5.75 Å². The van der Waals surface area contributed by atoms with E-state index in [2.05, 4.69) is 15.9 Å². The molecule has 160 valence electrons. The van der Waals surface area contributed by atoms with E-state index in [1.807, 2.05) is 48.5 Å². The number of Topliss-reactive ketones (excluding diaryl/α,β-unsaturated/α-hetero) is 2. The van der Waals surface area contributed by atoms with Crippen molar-refractivity contribution in [1.29, 1.82) is 0 Å². The Morgan fingerprint density at radius 3 is 2.30 bits per heavy atom. The number of hydrogen-bond acceptors (Lipinski definition) is 5. The zero-order chi connectivity index (χ0) is 20.2. The van der Waals surface area contributed by atoms with E-state index in [9.17, 15) is 9.59 Å². The van der Waals surface area contributed by atoms with Gasteiger partial charge in [0, 0.05) is 31.7 Å². The standard InChI is InChI=1S/C24H28N2O3.ClH/c1-29-22-13-6-5-11-20(22)25-14-16-26(17-15-25)21-12-7-10-19(24(21)28)23(27)18-8-3-2-4-9-18;/h2-6,8-9,11,13,19,21H,7,10,12,14-17H2,1H3;1H. The molecular formula is C24H29ClN2O3. The van der Waals surface area contributed by atoms with E-state index < -0.39 is 5.92 Å². The average Bonchev–Trinajstić information content (AvgIpc) is 2.79. The van der Waals surface area contributed by atoms with E-state index in [0.717, 1.165) is 50.5 Å². The van der Waals surface area contributed by atoms with Gasteiger partial charge < -0.3 is 9.64 Å². The molecule has 1 aliphatic carbocycles. The molecule has 30 heavy (non-hydrogen) atoms. The molecule has 2 aromatic rings. The van der Waals surface area contributed by atoms with Gasteiger partial charge in [0.1, 0.15) is 5.75 Å². The van der Waals surface area contributed by atoms with Gasteiger partial charge in [0.25, 0.3) is 0 Å². The third-order valence-electron chi connectivity index (χ3n) is 6.20. The summed E-state index contributed by atoms with van der Waals surface area (Å²) < 4.78 is 5.49. The average molecular weight is 429 g/mol. The number of benzene rings is 2. The lowest BCUT2D eigenvalue weighted by Gasteiger charge is -2.42. The molecule has 0 bridgehead atoms. The number of carbonyl (C=O) groups excluding carboxylic acids is 2. The van der Waals surface area contributed by atoms with Crippen LogP contribution >= 0.6 is 12.4 Å². The van der Waals surface area contributed by atoms with E-state index in [4.69, 9.17) is 4.74 Å². The van der Waals surface area contributed by atoms with Crippen LogP contribution < -0.4 is 9.64 Å². The van der Waals surface area contributed by atoms with Crippen molar-refractivity contribution < 1.29 is 14.3 Å². The zero-order valence-electron chi connectivity index (χ0n) is 17.3. The Kier molecular flexibility index (Phi) is 7.51. The number of carbonyl (C=O) groups is 2. The Balaban J connectivity index is 0.00000256. The van der Waals surface area contributed by atoms with Crippen molar-refractivity contribution in [3.63, 3.8) is 0 Å². The van der Waals surface area contributed by atoms with Gasteiger partial charge in [-0.15, -0.1) is 12.4 Å². The van der Waals surface area contributed by atoms with Crippen molar-refractivity contribution in [3.8, 4) is 5.75 Å². The minimum absolute atomic E-state index is 0. The highest BCUT2D eigenvalue weighted by atomic mass is 35.5. The zero-order valence-corrected chi connectivity index (χ0v) is 18.1. The number of anilines is 1. The van der Waals surface area contributed by atoms with Gasteiger partial charge in [0.2, 0.25) is 0 Å². The Labute approximate surface area is 184 Å². The number of methoxy groups -OCH3 is 1. The molecule has 6 heteroatoms. The van der Waals surface area contributed by atoms with Gasteiger partial charge in [-0.3, -0.25) is 14.5 Å². The lowest BCUT2D eigenvalue weighted by Crippen LogP contribution is -2.55. The SMILES string of the molecule is COc1ccccc1N1CCN(C2CCCC(C(=O)c3ccccc3)C2=O)CC1.Cl. The highest BCUT2D eigenvalue weighted by molar-refractivity contribution is 6.12. The van der Waals surface area contributed by atoms with E-state index in [1.54, 1.807) is 7.11 Å². The molecule has 4 rings (SSSR count). The molecule has 0 aromatic heterocycles. The van der Waals surface area contributed by atoms with Gasteiger partial charge in [0.15, 0.2) is 11.6 Å². The lowest BCUT2D eigenvalue weighted by atomic mass is 9.79. The summed E-state index contributed by atoms with van der Waals surface area (Å²) in [6.07, 6.45) is 2.45. The van der Waals surface area contributed by atoms with Gasteiger partial charge in [-0.2, -0.15) is 0 Å². The molecule has 1 saturated carbocycles. The summed E-state index contributed by atoms with van der Waals surface area (Å²) in [5, 5.41) is 0. The molecule has 2 aromatic carbocycles. The third kappa shape index (κ3) is 4.52. The summed E-state index contributed by atoms with van der Waals surface area (Å²) in [5.74, 6) is 0.468. The van der Waals surface area contributed by atoms with E-state index >= 15 is 0 Å². The maximum atomic E-state index is 13.2. The van der Waals surface area contributed by atoms with Crippen LogP contribution in [0, 0.1) is 5.92 Å². The third-order valence-corrected chi connectivity index (χ3v) is 6.20. The summed E-state index contributed by atoms with van der Waals surface area (Å²) in [4.78, 5) is 30.7. The maximum Gasteiger partial charge on any atom is 0.173 e. The van der Waals surface area contributed by atoms with E-state index in [-0.39, 0.29) is 30.0 Å². The Morgan fingerprint density at radius 2 is 1.60 bits per heavy atom. The fourth-order valence-electron chi connectivity index (χ4n) is 4.62. The first-order chi connectivity index (χ1) is 14.2. The molecule has 0 amide bonds.